The van der Waals surface area contributed by atoms with Crippen molar-refractivity contribution >= 4 is 32.4 Å². The minimum Gasteiger partial charge on any atom is -0.381 e. The van der Waals surface area contributed by atoms with Crippen molar-refractivity contribution in [3.05, 3.63) is 66.3 Å². The van der Waals surface area contributed by atoms with Crippen molar-refractivity contribution in [3.8, 4) is 0 Å². The van der Waals surface area contributed by atoms with Crippen LogP contribution in [0.2, 0.25) is 0 Å². The fourth-order valence-electron chi connectivity index (χ4n) is 5.97. The molecule has 6 rings (SSSR count). The number of piperazine rings is 1. The summed E-state index contributed by atoms with van der Waals surface area (Å²) in [4.78, 5) is 18.0. The second-order valence-corrected chi connectivity index (χ2v) is 12.4. The topological polar surface area (TPSA) is 86.0 Å². The first-order chi connectivity index (χ1) is 20.8. The van der Waals surface area contributed by atoms with E-state index in [4.69, 9.17) is 9.72 Å². The third-order valence-corrected chi connectivity index (χ3v) is 9.83. The molecule has 43 heavy (non-hydrogen) atoms. The maximum atomic E-state index is 15.0. The second kappa shape index (κ2) is 12.8. The molecule has 0 spiro atoms. The van der Waals surface area contributed by atoms with E-state index in [1.54, 1.807) is 11.3 Å². The van der Waals surface area contributed by atoms with Crippen molar-refractivity contribution in [2.75, 3.05) is 82.4 Å². The monoisotopic (exact) mass is 612 g/mol. The number of hydrogen-bond donors (Lipinski definition) is 1. The molecule has 10 nitrogen and oxygen atoms in total. The Morgan fingerprint density at radius 2 is 1.86 bits per heavy atom. The van der Waals surface area contributed by atoms with E-state index in [9.17, 15) is 9.50 Å². The van der Waals surface area contributed by atoms with Gasteiger partial charge in [-0.25, -0.2) is 23.4 Å². The highest BCUT2D eigenvalue weighted by Gasteiger charge is 2.42. The van der Waals surface area contributed by atoms with Crippen LogP contribution >= 0.6 is 11.3 Å². The molecule has 0 saturated carbocycles. The first kappa shape index (κ1) is 29.8. The van der Waals surface area contributed by atoms with Crippen LogP contribution in [-0.2, 0) is 16.9 Å². The summed E-state index contributed by atoms with van der Waals surface area (Å²) in [5.41, 5.74) is 0.536. The molecule has 0 bridgehead atoms. The molecule has 13 heteroatoms. The lowest BCUT2D eigenvalue weighted by Gasteiger charge is -2.44. The molecule has 2 aromatic carbocycles. The lowest BCUT2D eigenvalue weighted by Crippen LogP contribution is -2.57. The second-order valence-electron chi connectivity index (χ2n) is 11.4. The van der Waals surface area contributed by atoms with Gasteiger partial charge in [0.2, 0.25) is 0 Å². The van der Waals surface area contributed by atoms with Gasteiger partial charge in [-0.2, -0.15) is 5.10 Å². The molecule has 0 amide bonds. The van der Waals surface area contributed by atoms with Crippen molar-refractivity contribution in [1.82, 2.24) is 29.5 Å². The predicted octanol–water partition coefficient (Wildman–Crippen LogP) is 3.03. The Morgan fingerprint density at radius 1 is 1.07 bits per heavy atom. The smallest absolute Gasteiger partial charge is 0.186 e. The van der Waals surface area contributed by atoms with Gasteiger partial charge in [-0.1, -0.05) is 17.4 Å². The van der Waals surface area contributed by atoms with E-state index in [0.717, 1.165) is 60.8 Å². The van der Waals surface area contributed by atoms with E-state index in [2.05, 4.69) is 54.9 Å². The van der Waals surface area contributed by atoms with E-state index in [1.165, 1.54) is 35.2 Å². The molecule has 2 atom stereocenters. The molecule has 2 saturated heterocycles. The zero-order valence-electron chi connectivity index (χ0n) is 24.6. The number of halogens is 2. The van der Waals surface area contributed by atoms with Crippen molar-refractivity contribution in [2.24, 2.45) is 0 Å². The Kier molecular flexibility index (Phi) is 8.87. The first-order valence-corrected chi connectivity index (χ1v) is 15.5. The summed E-state index contributed by atoms with van der Waals surface area (Å²) in [6, 6.07) is 9.28. The van der Waals surface area contributed by atoms with E-state index >= 15 is 4.39 Å². The van der Waals surface area contributed by atoms with Crippen molar-refractivity contribution in [2.45, 2.75) is 25.1 Å². The van der Waals surface area contributed by atoms with Crippen molar-refractivity contribution < 1.29 is 18.6 Å². The average molecular weight is 613 g/mol. The maximum Gasteiger partial charge on any atom is 0.186 e. The van der Waals surface area contributed by atoms with Gasteiger partial charge in [-0.15, -0.1) is 0 Å². The lowest BCUT2D eigenvalue weighted by molar-refractivity contribution is -0.0650. The number of aliphatic hydroxyl groups is 1. The summed E-state index contributed by atoms with van der Waals surface area (Å²) in [6.07, 6.45) is 2.85. The van der Waals surface area contributed by atoms with Crippen LogP contribution in [0.15, 0.2) is 49.1 Å². The summed E-state index contributed by atoms with van der Waals surface area (Å²) in [6.45, 7) is 10.1. The summed E-state index contributed by atoms with van der Waals surface area (Å²) in [5.74, 6) is -1.47. The lowest BCUT2D eigenvalue weighted by atomic mass is 9.85. The molecule has 0 aliphatic carbocycles. The van der Waals surface area contributed by atoms with Crippen LogP contribution in [0, 0.1) is 11.6 Å². The predicted molar refractivity (Wildman–Crippen MR) is 164 cm³/mol. The molecule has 4 aromatic rings. The number of anilines is 2. The summed E-state index contributed by atoms with van der Waals surface area (Å²) in [5, 5.41) is 17.1. The minimum absolute atomic E-state index is 0.0158. The third kappa shape index (κ3) is 6.50. The zero-order valence-corrected chi connectivity index (χ0v) is 25.4. The molecular weight excluding hydrogens is 574 g/mol. The fraction of sp³-hybridized carbons (Fsp3) is 0.500. The molecule has 2 aliphatic rings. The quantitative estimate of drug-likeness (QED) is 0.291. The van der Waals surface area contributed by atoms with Gasteiger partial charge < -0.3 is 19.6 Å². The molecule has 1 N–H and O–H groups in total. The Labute approximate surface area is 254 Å². The molecule has 230 valence electrons. The van der Waals surface area contributed by atoms with E-state index in [0.29, 0.717) is 26.2 Å². The third-order valence-electron chi connectivity index (χ3n) is 8.75. The SMILES string of the molecule is C[C@@H](N1CCN(c2nc3ccc(N(C)CCN4CCOCC4)cc3s2)CC1)[C@](O)(Cn1cncn1)c1ccc(F)cc1F. The fourth-order valence-corrected chi connectivity index (χ4v) is 7.02. The van der Waals surface area contributed by atoms with Crippen LogP contribution in [-0.4, -0.2) is 113 Å². The zero-order chi connectivity index (χ0) is 30.0. The van der Waals surface area contributed by atoms with Crippen molar-refractivity contribution in [3.63, 3.8) is 0 Å². The molecule has 0 radical (unpaired) electrons. The largest absolute Gasteiger partial charge is 0.381 e. The highest BCUT2D eigenvalue weighted by molar-refractivity contribution is 7.22. The van der Waals surface area contributed by atoms with Crippen LogP contribution in [0.1, 0.15) is 12.5 Å². The van der Waals surface area contributed by atoms with Gasteiger partial charge in [-0.3, -0.25) is 9.80 Å². The van der Waals surface area contributed by atoms with Crippen LogP contribution < -0.4 is 9.80 Å². The van der Waals surface area contributed by atoms with Crippen molar-refractivity contribution in [1.29, 1.82) is 0 Å². The minimum atomic E-state index is -1.66. The Morgan fingerprint density at radius 3 is 2.58 bits per heavy atom. The summed E-state index contributed by atoms with van der Waals surface area (Å²) < 4.78 is 36.8. The first-order valence-electron chi connectivity index (χ1n) is 14.7. The molecule has 0 unspecified atom stereocenters. The van der Waals surface area contributed by atoms with E-state index in [-0.39, 0.29) is 12.1 Å². The van der Waals surface area contributed by atoms with Crippen LogP contribution in [0.4, 0.5) is 19.6 Å². The number of morpholine rings is 1. The van der Waals surface area contributed by atoms with Gasteiger partial charge in [-0.05, 0) is 31.2 Å². The maximum absolute atomic E-state index is 15.0. The number of fused-ring (bicyclic) bond motifs is 1. The van der Waals surface area contributed by atoms with Gasteiger partial charge in [0.05, 0.1) is 30.0 Å². The van der Waals surface area contributed by atoms with E-state index < -0.39 is 23.3 Å². The Balaban J connectivity index is 1.12. The Hall–Kier alpha value is -3.23. The highest BCUT2D eigenvalue weighted by atomic mass is 32.1. The van der Waals surface area contributed by atoms with Crippen LogP contribution in [0.25, 0.3) is 10.2 Å². The number of likely N-dealkylation sites (N-methyl/N-ethyl adjacent to an activating group) is 1. The number of aromatic nitrogens is 4. The summed E-state index contributed by atoms with van der Waals surface area (Å²) >= 11 is 1.69. The van der Waals surface area contributed by atoms with Gasteiger partial charge >= 0.3 is 0 Å². The Bertz CT molecular complexity index is 1510. The van der Waals surface area contributed by atoms with E-state index in [1.807, 2.05) is 6.92 Å². The van der Waals surface area contributed by atoms with Gasteiger partial charge in [0.1, 0.15) is 29.9 Å². The number of benzene rings is 2. The number of nitrogens with zero attached hydrogens (tertiary/aromatic N) is 8. The van der Waals surface area contributed by atoms with Gasteiger partial charge in [0.15, 0.2) is 5.13 Å². The standard InChI is InChI=1S/C30H38F2N8O2S/c1-22(30(41,19-40-21-33-20-34-40)25-5-3-23(31)17-26(25)32)38-9-11-39(12-10-38)29-35-27-6-4-24(18-28(27)43-29)36(2)7-8-37-13-15-42-16-14-37/h3-6,17-18,20-22,41H,7-16,19H2,1-2H3/t22-,30-/m1/s1. The molecular formula is C30H38F2N8O2S. The average Bonchev–Trinajstić information content (AvgIpc) is 3.69. The van der Waals surface area contributed by atoms with Gasteiger partial charge in [0.25, 0.3) is 0 Å². The number of thiazole rings is 1. The molecule has 2 aromatic heterocycles. The van der Waals surface area contributed by atoms with Gasteiger partial charge in [0, 0.05) is 82.8 Å². The number of rotatable bonds is 10. The van der Waals surface area contributed by atoms with Crippen LogP contribution in [0.3, 0.4) is 0 Å². The highest BCUT2D eigenvalue weighted by Crippen LogP contribution is 2.35. The molecule has 2 fully saturated rings. The normalized spacial score (nSPS) is 19.0. The number of ether oxygens (including phenoxy) is 1. The molecule has 2 aliphatic heterocycles. The van der Waals surface area contributed by atoms with Crippen LogP contribution in [0.5, 0.6) is 0 Å². The summed E-state index contributed by atoms with van der Waals surface area (Å²) in [7, 11) is 2.13. The number of hydrogen-bond acceptors (Lipinski definition) is 10. The molecule has 4 heterocycles.